The van der Waals surface area contributed by atoms with Crippen molar-refractivity contribution in [3.8, 4) is 0 Å². The smallest absolute Gasteiger partial charge is 0.0208 e. The second-order valence-electron chi connectivity index (χ2n) is 5.61. The number of hydrogen-bond acceptors (Lipinski definition) is 1. The van der Waals surface area contributed by atoms with E-state index in [2.05, 4.69) is 30.4 Å². The third kappa shape index (κ3) is 2.01. The Bertz CT molecular complexity index is 377. The Morgan fingerprint density at radius 1 is 1.19 bits per heavy atom. The molecule has 16 heavy (non-hydrogen) atoms. The molecule has 86 valence electrons. The fourth-order valence-electron chi connectivity index (χ4n) is 3.07. The second kappa shape index (κ2) is 4.21. The summed E-state index contributed by atoms with van der Waals surface area (Å²) in [6.07, 6.45) is 6.68. The Morgan fingerprint density at radius 2 is 2.00 bits per heavy atom. The van der Waals surface area contributed by atoms with Crippen LogP contribution >= 0.6 is 0 Å². The van der Waals surface area contributed by atoms with E-state index in [0.717, 1.165) is 18.5 Å². The number of aryl methyl sites for hydroxylation is 2. The van der Waals surface area contributed by atoms with E-state index in [1.54, 1.807) is 11.1 Å². The standard InChI is InChI=1S/C15H21N/c1-11-7-15(8-11)16-10-12-5-6-13-3-2-4-14(13)9-12/h5-6,9,11,15-16H,2-4,7-8,10H2,1H3. The first-order valence-corrected chi connectivity index (χ1v) is 6.65. The highest BCUT2D eigenvalue weighted by molar-refractivity contribution is 5.35. The zero-order valence-corrected chi connectivity index (χ0v) is 10.1. The van der Waals surface area contributed by atoms with Crippen molar-refractivity contribution in [3.05, 3.63) is 34.9 Å². The summed E-state index contributed by atoms with van der Waals surface area (Å²) < 4.78 is 0. The van der Waals surface area contributed by atoms with Gasteiger partial charge in [0, 0.05) is 12.6 Å². The fraction of sp³-hybridized carbons (Fsp3) is 0.600. The van der Waals surface area contributed by atoms with Crippen molar-refractivity contribution in [2.75, 3.05) is 0 Å². The van der Waals surface area contributed by atoms with Gasteiger partial charge in [0.25, 0.3) is 0 Å². The van der Waals surface area contributed by atoms with E-state index in [1.807, 2.05) is 0 Å². The van der Waals surface area contributed by atoms with Crippen molar-refractivity contribution in [2.45, 2.75) is 51.6 Å². The van der Waals surface area contributed by atoms with Gasteiger partial charge in [0.2, 0.25) is 0 Å². The van der Waals surface area contributed by atoms with E-state index in [4.69, 9.17) is 0 Å². The summed E-state index contributed by atoms with van der Waals surface area (Å²) >= 11 is 0. The first-order chi connectivity index (χ1) is 7.81. The monoisotopic (exact) mass is 215 g/mol. The molecule has 1 saturated carbocycles. The highest BCUT2D eigenvalue weighted by atomic mass is 14.9. The number of fused-ring (bicyclic) bond motifs is 1. The molecule has 0 atom stereocenters. The zero-order chi connectivity index (χ0) is 11.0. The molecule has 0 unspecified atom stereocenters. The Balaban J connectivity index is 1.58. The highest BCUT2D eigenvalue weighted by Gasteiger charge is 2.24. The van der Waals surface area contributed by atoms with Gasteiger partial charge in [-0.1, -0.05) is 25.1 Å². The van der Waals surface area contributed by atoms with Crippen molar-refractivity contribution in [1.82, 2.24) is 5.32 Å². The summed E-state index contributed by atoms with van der Waals surface area (Å²) in [4.78, 5) is 0. The van der Waals surface area contributed by atoms with Crippen LogP contribution in [0.5, 0.6) is 0 Å². The average molecular weight is 215 g/mol. The number of benzene rings is 1. The summed E-state index contributed by atoms with van der Waals surface area (Å²) in [6.45, 7) is 3.40. The van der Waals surface area contributed by atoms with Crippen molar-refractivity contribution < 1.29 is 0 Å². The van der Waals surface area contributed by atoms with E-state index in [1.165, 1.54) is 37.7 Å². The Kier molecular flexibility index (Phi) is 2.72. The van der Waals surface area contributed by atoms with Crippen LogP contribution in [0.3, 0.4) is 0 Å². The lowest BCUT2D eigenvalue weighted by molar-refractivity contribution is 0.240. The van der Waals surface area contributed by atoms with E-state index in [-0.39, 0.29) is 0 Å². The molecule has 1 heteroatoms. The van der Waals surface area contributed by atoms with Crippen molar-refractivity contribution in [1.29, 1.82) is 0 Å². The molecule has 1 fully saturated rings. The topological polar surface area (TPSA) is 12.0 Å². The van der Waals surface area contributed by atoms with Gasteiger partial charge in [-0.3, -0.25) is 0 Å². The SMILES string of the molecule is CC1CC(NCc2ccc3c(c2)CCC3)C1. The van der Waals surface area contributed by atoms with Crippen LogP contribution in [-0.4, -0.2) is 6.04 Å². The quantitative estimate of drug-likeness (QED) is 0.817. The zero-order valence-electron chi connectivity index (χ0n) is 10.1. The largest absolute Gasteiger partial charge is 0.310 e. The van der Waals surface area contributed by atoms with Crippen LogP contribution < -0.4 is 5.32 Å². The molecular weight excluding hydrogens is 194 g/mol. The van der Waals surface area contributed by atoms with Crippen molar-refractivity contribution in [2.24, 2.45) is 5.92 Å². The minimum atomic E-state index is 0.781. The van der Waals surface area contributed by atoms with Gasteiger partial charge >= 0.3 is 0 Å². The Morgan fingerprint density at radius 3 is 2.81 bits per heavy atom. The van der Waals surface area contributed by atoms with Crippen LogP contribution in [0.4, 0.5) is 0 Å². The van der Waals surface area contributed by atoms with Crippen LogP contribution in [-0.2, 0) is 19.4 Å². The van der Waals surface area contributed by atoms with Crippen LogP contribution in [0.25, 0.3) is 0 Å². The van der Waals surface area contributed by atoms with Crippen LogP contribution in [0.1, 0.15) is 42.9 Å². The van der Waals surface area contributed by atoms with Crippen LogP contribution in [0, 0.1) is 5.92 Å². The van der Waals surface area contributed by atoms with Gasteiger partial charge in [-0.2, -0.15) is 0 Å². The highest BCUT2D eigenvalue weighted by Crippen LogP contribution is 2.27. The van der Waals surface area contributed by atoms with Crippen molar-refractivity contribution in [3.63, 3.8) is 0 Å². The Labute approximate surface area is 98.3 Å². The van der Waals surface area contributed by atoms with Gasteiger partial charge in [0.1, 0.15) is 0 Å². The molecule has 0 heterocycles. The predicted octanol–water partition coefficient (Wildman–Crippen LogP) is 3.06. The first kappa shape index (κ1) is 10.3. The number of nitrogens with one attached hydrogen (secondary N) is 1. The molecule has 3 rings (SSSR count). The van der Waals surface area contributed by atoms with Gasteiger partial charge in [-0.25, -0.2) is 0 Å². The van der Waals surface area contributed by atoms with Gasteiger partial charge in [0.05, 0.1) is 0 Å². The molecule has 1 aromatic rings. The predicted molar refractivity (Wildman–Crippen MR) is 67.5 cm³/mol. The fourth-order valence-corrected chi connectivity index (χ4v) is 3.07. The molecule has 0 amide bonds. The molecule has 0 saturated heterocycles. The van der Waals surface area contributed by atoms with E-state index >= 15 is 0 Å². The summed E-state index contributed by atoms with van der Waals surface area (Å²) in [5, 5.41) is 3.66. The molecule has 0 radical (unpaired) electrons. The van der Waals surface area contributed by atoms with E-state index < -0.39 is 0 Å². The third-order valence-electron chi connectivity index (χ3n) is 4.13. The normalized spacial score (nSPS) is 27.6. The summed E-state index contributed by atoms with van der Waals surface area (Å²) in [5.74, 6) is 0.942. The lowest BCUT2D eigenvalue weighted by atomic mass is 9.82. The van der Waals surface area contributed by atoms with Gasteiger partial charge < -0.3 is 5.32 Å². The minimum Gasteiger partial charge on any atom is -0.310 e. The van der Waals surface area contributed by atoms with Crippen molar-refractivity contribution >= 4 is 0 Å². The molecule has 0 spiro atoms. The van der Waals surface area contributed by atoms with E-state index in [9.17, 15) is 0 Å². The first-order valence-electron chi connectivity index (χ1n) is 6.65. The summed E-state index contributed by atoms with van der Waals surface area (Å²) in [7, 11) is 0. The molecule has 2 aliphatic carbocycles. The molecule has 1 N–H and O–H groups in total. The Hall–Kier alpha value is -0.820. The molecule has 2 aliphatic rings. The van der Waals surface area contributed by atoms with Crippen LogP contribution in [0.2, 0.25) is 0 Å². The molecule has 0 bridgehead atoms. The molecular formula is C15H21N. The minimum absolute atomic E-state index is 0.781. The molecule has 0 aromatic heterocycles. The maximum atomic E-state index is 3.66. The summed E-state index contributed by atoms with van der Waals surface area (Å²) in [5.41, 5.74) is 4.66. The van der Waals surface area contributed by atoms with Crippen LogP contribution in [0.15, 0.2) is 18.2 Å². The third-order valence-corrected chi connectivity index (χ3v) is 4.13. The second-order valence-corrected chi connectivity index (χ2v) is 5.61. The van der Waals surface area contributed by atoms with Gasteiger partial charge in [-0.15, -0.1) is 0 Å². The number of hydrogen-bond donors (Lipinski definition) is 1. The molecule has 1 aromatic carbocycles. The maximum absolute atomic E-state index is 3.66. The lowest BCUT2D eigenvalue weighted by Crippen LogP contribution is -2.39. The van der Waals surface area contributed by atoms with Gasteiger partial charge in [-0.05, 0) is 54.7 Å². The number of rotatable bonds is 3. The average Bonchev–Trinajstić information content (AvgIpc) is 2.69. The molecule has 1 nitrogen and oxygen atoms in total. The lowest BCUT2D eigenvalue weighted by Gasteiger charge is -2.33. The van der Waals surface area contributed by atoms with E-state index in [0.29, 0.717) is 0 Å². The maximum Gasteiger partial charge on any atom is 0.0208 e. The van der Waals surface area contributed by atoms with Gasteiger partial charge in [0.15, 0.2) is 0 Å². The molecule has 0 aliphatic heterocycles. The summed E-state index contributed by atoms with van der Waals surface area (Å²) in [6, 6.07) is 7.84.